The minimum Gasteiger partial charge on any atom is -0.342 e. The molecule has 1 amide bonds. The van der Waals surface area contributed by atoms with Gasteiger partial charge in [0.25, 0.3) is 0 Å². The Morgan fingerprint density at radius 2 is 1.90 bits per heavy atom. The minimum atomic E-state index is -3.72. The molecule has 0 spiro atoms. The Morgan fingerprint density at radius 3 is 2.58 bits per heavy atom. The molecule has 3 heterocycles. The van der Waals surface area contributed by atoms with Gasteiger partial charge in [-0.25, -0.2) is 22.5 Å². The maximum Gasteiger partial charge on any atom is 0.240 e. The van der Waals surface area contributed by atoms with Crippen molar-refractivity contribution in [1.82, 2.24) is 19.6 Å². The summed E-state index contributed by atoms with van der Waals surface area (Å²) in [4.78, 5) is 23.2. The van der Waals surface area contributed by atoms with Crippen LogP contribution in [-0.2, 0) is 21.2 Å². The molecule has 1 aliphatic rings. The molecule has 1 aliphatic heterocycles. The SMILES string of the molecule is O=C(Cc1csc(-c2ccccn2)n1)N1CCC(NS(=O)(=O)c2ccc(F)cc2)CC1. The number of sulfonamides is 1. The van der Waals surface area contributed by atoms with E-state index < -0.39 is 15.8 Å². The average molecular weight is 461 g/mol. The maximum atomic E-state index is 13.0. The van der Waals surface area contributed by atoms with Gasteiger partial charge in [0.15, 0.2) is 0 Å². The van der Waals surface area contributed by atoms with E-state index in [4.69, 9.17) is 0 Å². The third kappa shape index (κ3) is 5.33. The number of carbonyl (C=O) groups excluding carboxylic acids is 1. The monoisotopic (exact) mass is 460 g/mol. The highest BCUT2D eigenvalue weighted by Crippen LogP contribution is 2.22. The highest BCUT2D eigenvalue weighted by atomic mass is 32.2. The van der Waals surface area contributed by atoms with Crippen molar-refractivity contribution in [2.75, 3.05) is 13.1 Å². The lowest BCUT2D eigenvalue weighted by atomic mass is 10.1. The number of halogens is 1. The molecule has 10 heteroatoms. The summed E-state index contributed by atoms with van der Waals surface area (Å²) < 4.78 is 40.6. The quantitative estimate of drug-likeness (QED) is 0.611. The van der Waals surface area contributed by atoms with E-state index >= 15 is 0 Å². The Balaban J connectivity index is 1.30. The van der Waals surface area contributed by atoms with Gasteiger partial charge in [0.05, 0.1) is 22.7 Å². The van der Waals surface area contributed by atoms with Crippen molar-refractivity contribution < 1.29 is 17.6 Å². The zero-order chi connectivity index (χ0) is 21.8. The molecule has 0 aliphatic carbocycles. The first-order chi connectivity index (χ1) is 14.9. The van der Waals surface area contributed by atoms with Crippen LogP contribution in [0.3, 0.4) is 0 Å². The van der Waals surface area contributed by atoms with E-state index in [1.165, 1.54) is 23.5 Å². The molecular weight excluding hydrogens is 439 g/mol. The fraction of sp³-hybridized carbons (Fsp3) is 0.286. The van der Waals surface area contributed by atoms with Crippen LogP contribution in [0.4, 0.5) is 4.39 Å². The van der Waals surface area contributed by atoms with E-state index in [2.05, 4.69) is 14.7 Å². The fourth-order valence-corrected chi connectivity index (χ4v) is 5.51. The van der Waals surface area contributed by atoms with Gasteiger partial charge < -0.3 is 4.90 Å². The van der Waals surface area contributed by atoms with Gasteiger partial charge >= 0.3 is 0 Å². The summed E-state index contributed by atoms with van der Waals surface area (Å²) in [5.41, 5.74) is 1.48. The zero-order valence-electron chi connectivity index (χ0n) is 16.6. The Labute approximate surface area is 184 Å². The summed E-state index contributed by atoms with van der Waals surface area (Å²) in [6.07, 6.45) is 2.94. The number of hydrogen-bond donors (Lipinski definition) is 1. The molecule has 4 rings (SSSR count). The predicted molar refractivity (Wildman–Crippen MR) is 115 cm³/mol. The van der Waals surface area contributed by atoms with Crippen molar-refractivity contribution in [3.8, 4) is 10.7 Å². The molecule has 162 valence electrons. The van der Waals surface area contributed by atoms with Gasteiger partial charge in [-0.2, -0.15) is 0 Å². The van der Waals surface area contributed by atoms with E-state index in [0.717, 1.165) is 22.8 Å². The summed E-state index contributed by atoms with van der Waals surface area (Å²) in [5.74, 6) is -0.518. The van der Waals surface area contributed by atoms with E-state index in [0.29, 0.717) is 31.6 Å². The van der Waals surface area contributed by atoms with E-state index in [-0.39, 0.29) is 23.3 Å². The maximum absolute atomic E-state index is 13.0. The summed E-state index contributed by atoms with van der Waals surface area (Å²) in [5, 5.41) is 2.64. The Bertz CT molecular complexity index is 1140. The molecule has 7 nitrogen and oxygen atoms in total. The van der Waals surface area contributed by atoms with E-state index in [1.54, 1.807) is 11.1 Å². The van der Waals surface area contributed by atoms with Crippen molar-refractivity contribution in [2.24, 2.45) is 0 Å². The first kappa shape index (κ1) is 21.5. The molecule has 0 bridgehead atoms. The first-order valence-electron chi connectivity index (χ1n) is 9.82. The number of piperidine rings is 1. The largest absolute Gasteiger partial charge is 0.342 e. The number of likely N-dealkylation sites (tertiary alicyclic amines) is 1. The number of rotatable bonds is 6. The third-order valence-electron chi connectivity index (χ3n) is 5.06. The van der Waals surface area contributed by atoms with E-state index in [1.807, 2.05) is 23.6 Å². The lowest BCUT2D eigenvalue weighted by molar-refractivity contribution is -0.131. The number of thiazole rings is 1. The Kier molecular flexibility index (Phi) is 6.40. The van der Waals surface area contributed by atoms with Crippen LogP contribution in [0.25, 0.3) is 10.7 Å². The van der Waals surface area contributed by atoms with Crippen LogP contribution in [-0.4, -0.2) is 48.3 Å². The smallest absolute Gasteiger partial charge is 0.240 e. The molecule has 0 saturated carbocycles. The number of amides is 1. The summed E-state index contributed by atoms with van der Waals surface area (Å²) in [7, 11) is -3.72. The summed E-state index contributed by atoms with van der Waals surface area (Å²) in [6, 6.07) is 10.1. The number of nitrogens with zero attached hydrogens (tertiary/aromatic N) is 3. The summed E-state index contributed by atoms with van der Waals surface area (Å²) >= 11 is 1.45. The van der Waals surface area contributed by atoms with Crippen LogP contribution in [0, 0.1) is 5.82 Å². The van der Waals surface area contributed by atoms with Gasteiger partial charge in [0.2, 0.25) is 15.9 Å². The molecule has 1 fully saturated rings. The Hall–Kier alpha value is -2.69. The normalized spacial score (nSPS) is 15.2. The lowest BCUT2D eigenvalue weighted by Crippen LogP contribution is -2.46. The number of benzene rings is 1. The van der Waals surface area contributed by atoms with Crippen molar-refractivity contribution in [2.45, 2.75) is 30.2 Å². The minimum absolute atomic E-state index is 0.0275. The molecule has 1 aromatic carbocycles. The lowest BCUT2D eigenvalue weighted by Gasteiger charge is -2.32. The molecule has 31 heavy (non-hydrogen) atoms. The second-order valence-corrected chi connectivity index (χ2v) is 9.84. The van der Waals surface area contributed by atoms with Gasteiger partial charge in [0, 0.05) is 30.7 Å². The van der Waals surface area contributed by atoms with Crippen LogP contribution < -0.4 is 4.72 Å². The van der Waals surface area contributed by atoms with Crippen molar-refractivity contribution in [1.29, 1.82) is 0 Å². The van der Waals surface area contributed by atoms with Crippen molar-refractivity contribution in [3.63, 3.8) is 0 Å². The van der Waals surface area contributed by atoms with Crippen LogP contribution in [0.15, 0.2) is 58.9 Å². The highest BCUT2D eigenvalue weighted by Gasteiger charge is 2.27. The number of aromatic nitrogens is 2. The van der Waals surface area contributed by atoms with Gasteiger partial charge in [-0.05, 0) is 49.2 Å². The first-order valence-corrected chi connectivity index (χ1v) is 12.2. The molecule has 2 aromatic heterocycles. The van der Waals surface area contributed by atoms with Crippen LogP contribution >= 0.6 is 11.3 Å². The van der Waals surface area contributed by atoms with E-state index in [9.17, 15) is 17.6 Å². The molecule has 1 N–H and O–H groups in total. The van der Waals surface area contributed by atoms with Gasteiger partial charge in [-0.3, -0.25) is 9.78 Å². The van der Waals surface area contributed by atoms with Crippen LogP contribution in [0.2, 0.25) is 0 Å². The molecular formula is C21H21FN4O3S2. The molecule has 3 aromatic rings. The van der Waals surface area contributed by atoms with Gasteiger partial charge in [0.1, 0.15) is 10.8 Å². The van der Waals surface area contributed by atoms with Crippen molar-refractivity contribution >= 4 is 27.3 Å². The second-order valence-electron chi connectivity index (χ2n) is 7.27. The van der Waals surface area contributed by atoms with Gasteiger partial charge in [-0.15, -0.1) is 11.3 Å². The van der Waals surface area contributed by atoms with Crippen molar-refractivity contribution in [3.05, 3.63) is 65.6 Å². The third-order valence-corrected chi connectivity index (χ3v) is 7.51. The predicted octanol–water partition coefficient (Wildman–Crippen LogP) is 2.86. The molecule has 0 atom stereocenters. The second kappa shape index (κ2) is 9.21. The summed E-state index contributed by atoms with van der Waals surface area (Å²) in [6.45, 7) is 0.930. The number of carbonyl (C=O) groups is 1. The number of nitrogens with one attached hydrogen (secondary N) is 1. The number of hydrogen-bond acceptors (Lipinski definition) is 6. The van der Waals surface area contributed by atoms with Crippen LogP contribution in [0.5, 0.6) is 0 Å². The van der Waals surface area contributed by atoms with Crippen LogP contribution in [0.1, 0.15) is 18.5 Å². The standard InChI is InChI=1S/C21H21FN4O3S2/c22-15-4-6-18(7-5-15)31(28,29)25-16-8-11-26(12-9-16)20(27)13-17-14-30-21(24-17)19-3-1-2-10-23-19/h1-7,10,14,16,25H,8-9,11-13H2. The highest BCUT2D eigenvalue weighted by molar-refractivity contribution is 7.89. The topological polar surface area (TPSA) is 92.3 Å². The number of pyridine rings is 1. The zero-order valence-corrected chi connectivity index (χ0v) is 18.2. The average Bonchev–Trinajstić information content (AvgIpc) is 3.23. The Morgan fingerprint density at radius 1 is 1.16 bits per heavy atom. The molecule has 0 unspecified atom stereocenters. The molecule has 1 saturated heterocycles. The van der Waals surface area contributed by atoms with Gasteiger partial charge in [-0.1, -0.05) is 6.07 Å². The fourth-order valence-electron chi connectivity index (χ4n) is 3.41. The molecule has 0 radical (unpaired) electrons.